The Balaban J connectivity index is 2.35. The quantitative estimate of drug-likeness (QED) is 0.244. The summed E-state index contributed by atoms with van der Waals surface area (Å²) in [5.74, 6) is -6.68. The van der Waals surface area contributed by atoms with Crippen molar-refractivity contribution in [3.8, 4) is 11.1 Å². The average molecular weight is 566 g/mol. The fourth-order valence-electron chi connectivity index (χ4n) is 3.59. The van der Waals surface area contributed by atoms with Gasteiger partial charge in [0.2, 0.25) is 5.72 Å². The minimum absolute atomic E-state index is 0.0440. The minimum atomic E-state index is -5.55. The second-order valence-electron chi connectivity index (χ2n) is 8.55. The second-order valence-corrected chi connectivity index (χ2v) is 10.8. The van der Waals surface area contributed by atoms with Gasteiger partial charge < -0.3 is 21.5 Å². The number of rotatable bonds is 11. The van der Waals surface area contributed by atoms with E-state index in [0.717, 1.165) is 17.4 Å². The monoisotopic (exact) mass is 565 g/mol. The Labute approximate surface area is 216 Å². The molecule has 2 amide bonds. The molecule has 0 unspecified atom stereocenters. The molecule has 210 valence electrons. The number of hydrogen-bond donors (Lipinski definition) is 4. The first-order chi connectivity index (χ1) is 17.5. The Morgan fingerprint density at radius 3 is 2.16 bits per heavy atom. The van der Waals surface area contributed by atoms with Crippen LogP contribution in [-0.4, -0.2) is 48.4 Å². The summed E-state index contributed by atoms with van der Waals surface area (Å²) in [5, 5.41) is 11.2. The summed E-state index contributed by atoms with van der Waals surface area (Å²) in [5.41, 5.74) is 3.58. The maximum atomic E-state index is 13.7. The van der Waals surface area contributed by atoms with E-state index in [4.69, 9.17) is 5.73 Å². The number of sulfone groups is 1. The third-order valence-electron chi connectivity index (χ3n) is 5.67. The van der Waals surface area contributed by atoms with E-state index in [9.17, 15) is 45.1 Å². The lowest BCUT2D eigenvalue weighted by atomic mass is 9.95. The second kappa shape index (κ2) is 12.2. The summed E-state index contributed by atoms with van der Waals surface area (Å²) in [6.07, 6.45) is -4.75. The molecule has 8 nitrogen and oxygen atoms in total. The average Bonchev–Trinajstić information content (AvgIpc) is 2.83. The maximum absolute atomic E-state index is 13.7. The van der Waals surface area contributed by atoms with Gasteiger partial charge in [0.15, 0.2) is 15.2 Å². The molecule has 5 N–H and O–H groups in total. The van der Waals surface area contributed by atoms with Gasteiger partial charge in [-0.2, -0.15) is 13.2 Å². The highest BCUT2D eigenvalue weighted by Gasteiger charge is 2.53. The van der Waals surface area contributed by atoms with Crippen LogP contribution in [0.25, 0.3) is 11.1 Å². The summed E-state index contributed by atoms with van der Waals surface area (Å²) in [7, 11) is -4.53. The number of hydrogen-bond acceptors (Lipinski definition) is 6. The number of aryl methyl sites for hydroxylation is 1. The molecule has 2 rings (SSSR count). The summed E-state index contributed by atoms with van der Waals surface area (Å²) in [4.78, 5) is 24.3. The van der Waals surface area contributed by atoms with E-state index < -0.39 is 62.9 Å². The molecule has 38 heavy (non-hydrogen) atoms. The fourth-order valence-corrected chi connectivity index (χ4v) is 5.22. The van der Waals surface area contributed by atoms with E-state index in [1.54, 1.807) is 19.9 Å². The van der Waals surface area contributed by atoms with E-state index >= 15 is 0 Å². The molecule has 0 aliphatic carbocycles. The normalized spacial score (nSPS) is 14.4. The fraction of sp³-hybridized carbons (Fsp3) is 0.417. The molecule has 0 saturated carbocycles. The van der Waals surface area contributed by atoms with Crippen LogP contribution in [0, 0.1) is 11.6 Å². The molecule has 0 heterocycles. The van der Waals surface area contributed by atoms with E-state index in [-0.39, 0.29) is 12.0 Å². The van der Waals surface area contributed by atoms with Crippen LogP contribution in [0.2, 0.25) is 0 Å². The molecule has 0 aliphatic rings. The van der Waals surface area contributed by atoms with Crippen molar-refractivity contribution in [1.29, 1.82) is 0 Å². The van der Waals surface area contributed by atoms with Crippen molar-refractivity contribution in [2.24, 2.45) is 5.73 Å². The van der Waals surface area contributed by atoms with Crippen LogP contribution in [0.1, 0.15) is 37.8 Å². The molecule has 0 aromatic heterocycles. The molecule has 0 spiro atoms. The Bertz CT molecular complexity index is 1270. The number of benzene rings is 2. The van der Waals surface area contributed by atoms with Gasteiger partial charge in [-0.15, -0.1) is 0 Å². The van der Waals surface area contributed by atoms with Gasteiger partial charge in [-0.25, -0.2) is 17.2 Å². The van der Waals surface area contributed by atoms with Crippen molar-refractivity contribution >= 4 is 21.7 Å². The first kappa shape index (κ1) is 31.1. The lowest BCUT2D eigenvalue weighted by Gasteiger charge is -2.33. The number of nitrogens with one attached hydrogen (secondary N) is 2. The number of alkyl halides is 3. The number of aliphatic hydroxyl groups is 1. The zero-order chi connectivity index (χ0) is 28.9. The molecule has 0 saturated heterocycles. The van der Waals surface area contributed by atoms with E-state index in [0.29, 0.717) is 35.6 Å². The molecule has 0 bridgehead atoms. The number of carbonyl (C=O) groups is 2. The molecule has 0 fully saturated rings. The Morgan fingerprint density at radius 1 is 1.03 bits per heavy atom. The predicted octanol–water partition coefficient (Wildman–Crippen LogP) is 2.68. The highest BCUT2D eigenvalue weighted by molar-refractivity contribution is 7.92. The minimum Gasteiger partial charge on any atom is -0.361 e. The van der Waals surface area contributed by atoms with Crippen LogP contribution in [-0.2, 0) is 32.4 Å². The molecule has 0 aliphatic heterocycles. The van der Waals surface area contributed by atoms with E-state index in [1.807, 2.05) is 0 Å². The van der Waals surface area contributed by atoms with E-state index in [1.165, 1.54) is 12.1 Å². The van der Waals surface area contributed by atoms with Crippen LogP contribution in [0.4, 0.5) is 22.0 Å². The summed E-state index contributed by atoms with van der Waals surface area (Å²) in [6.45, 7) is 2.96. The van der Waals surface area contributed by atoms with Crippen LogP contribution in [0.3, 0.4) is 0 Å². The van der Waals surface area contributed by atoms with Crippen molar-refractivity contribution < 1.29 is 45.1 Å². The Kier molecular flexibility index (Phi) is 9.97. The van der Waals surface area contributed by atoms with Crippen molar-refractivity contribution in [1.82, 2.24) is 10.6 Å². The molecule has 2 aromatic carbocycles. The van der Waals surface area contributed by atoms with Crippen LogP contribution in [0.15, 0.2) is 36.4 Å². The lowest BCUT2D eigenvalue weighted by molar-refractivity contribution is -0.182. The number of carbonyl (C=O) groups excluding carboxylic acids is 2. The van der Waals surface area contributed by atoms with Crippen molar-refractivity contribution in [2.45, 2.75) is 56.9 Å². The SMILES string of the molecule is CCCCS(=O)(=O)[C@H](N)[C@@](O)(NC(=O)C(F)(F)F)C(=O)NCc1ccc(-c2cc(F)cc(F)c2)c(CC)c1. The van der Waals surface area contributed by atoms with Crippen LogP contribution >= 0.6 is 0 Å². The number of unbranched alkanes of at least 4 members (excludes halogenated alkanes) is 1. The maximum Gasteiger partial charge on any atom is 0.471 e. The van der Waals surface area contributed by atoms with E-state index in [2.05, 4.69) is 5.32 Å². The number of nitrogens with two attached hydrogens (primary N) is 1. The van der Waals surface area contributed by atoms with Gasteiger partial charge in [0.1, 0.15) is 11.6 Å². The first-order valence-electron chi connectivity index (χ1n) is 11.5. The van der Waals surface area contributed by atoms with Gasteiger partial charge in [0, 0.05) is 12.6 Å². The summed E-state index contributed by atoms with van der Waals surface area (Å²) in [6, 6.07) is 7.47. The topological polar surface area (TPSA) is 139 Å². The zero-order valence-corrected chi connectivity index (χ0v) is 21.3. The molecule has 2 aromatic rings. The van der Waals surface area contributed by atoms with Crippen molar-refractivity contribution in [3.63, 3.8) is 0 Å². The van der Waals surface area contributed by atoms with Gasteiger partial charge in [0.25, 0.3) is 5.91 Å². The van der Waals surface area contributed by atoms with Gasteiger partial charge >= 0.3 is 12.1 Å². The van der Waals surface area contributed by atoms with Crippen molar-refractivity contribution in [3.05, 3.63) is 59.2 Å². The smallest absolute Gasteiger partial charge is 0.361 e. The molecule has 14 heteroatoms. The number of halogens is 5. The van der Waals surface area contributed by atoms with Crippen LogP contribution < -0.4 is 16.4 Å². The Hall–Kier alpha value is -3.10. The highest BCUT2D eigenvalue weighted by atomic mass is 32.2. The lowest BCUT2D eigenvalue weighted by Crippen LogP contribution is -2.71. The summed E-state index contributed by atoms with van der Waals surface area (Å²) < 4.78 is 91.0. The zero-order valence-electron chi connectivity index (χ0n) is 20.5. The highest BCUT2D eigenvalue weighted by Crippen LogP contribution is 2.27. The standard InChI is InChI=1S/C24H28F5N3O5S/c1-3-5-8-38(36,37)20(30)23(35,32-22(34)24(27,28)29)21(33)31-13-14-6-7-19(15(4-2)9-14)16-10-17(25)12-18(26)11-16/h6-7,9-12,20,35H,3-5,8,13,30H2,1-2H3,(H,31,33)(H,32,34)/t20-,23-/m0/s1. The van der Waals surface area contributed by atoms with Crippen molar-refractivity contribution in [2.75, 3.05) is 5.75 Å². The van der Waals surface area contributed by atoms with Gasteiger partial charge in [0.05, 0.1) is 5.75 Å². The largest absolute Gasteiger partial charge is 0.471 e. The van der Waals surface area contributed by atoms with Gasteiger partial charge in [-0.3, -0.25) is 9.59 Å². The first-order valence-corrected chi connectivity index (χ1v) is 13.2. The molecule has 0 radical (unpaired) electrons. The molecule has 2 atom stereocenters. The third-order valence-corrected chi connectivity index (χ3v) is 7.64. The summed E-state index contributed by atoms with van der Waals surface area (Å²) >= 11 is 0. The number of amides is 2. The predicted molar refractivity (Wildman–Crippen MR) is 129 cm³/mol. The molecular formula is C24H28F5N3O5S. The Morgan fingerprint density at radius 2 is 1.63 bits per heavy atom. The molecular weight excluding hydrogens is 537 g/mol. The van der Waals surface area contributed by atoms with Gasteiger partial charge in [-0.05, 0) is 47.2 Å². The third kappa shape index (κ3) is 7.48. The van der Waals surface area contributed by atoms with Gasteiger partial charge in [-0.1, -0.05) is 38.5 Å². The van der Waals surface area contributed by atoms with Crippen LogP contribution in [0.5, 0.6) is 0 Å².